The summed E-state index contributed by atoms with van der Waals surface area (Å²) in [5, 5.41) is 0. The van der Waals surface area contributed by atoms with Gasteiger partial charge in [0.15, 0.2) is 0 Å². The summed E-state index contributed by atoms with van der Waals surface area (Å²) in [7, 11) is 4.74. The molecule has 0 aromatic rings. The smallest absolute Gasteiger partial charge is 0.251 e. The molecule has 0 saturated heterocycles. The summed E-state index contributed by atoms with van der Waals surface area (Å²) in [6.07, 6.45) is -2.26. The number of alkyl halides is 2. The first kappa shape index (κ1) is 6.82. The van der Waals surface area contributed by atoms with Crippen molar-refractivity contribution in [2.45, 2.75) is 6.43 Å². The number of halogens is 2. The number of rotatable bonds is 2. The molecule has 0 heterocycles. The highest BCUT2D eigenvalue weighted by molar-refractivity contribution is 4.46. The molecule has 0 aromatic carbocycles. The van der Waals surface area contributed by atoms with Crippen LogP contribution in [-0.2, 0) is 0 Å². The monoisotopic (exact) mass is 108 g/mol. The van der Waals surface area contributed by atoms with Gasteiger partial charge in [0, 0.05) is 7.05 Å². The van der Waals surface area contributed by atoms with E-state index in [1.54, 1.807) is 0 Å². The van der Waals surface area contributed by atoms with Crippen LogP contribution in [0, 0.1) is 7.05 Å². The van der Waals surface area contributed by atoms with Gasteiger partial charge in [-0.2, -0.15) is 0 Å². The maximum atomic E-state index is 11.2. The third kappa shape index (κ3) is 5.82. The van der Waals surface area contributed by atoms with Crippen molar-refractivity contribution in [3.63, 3.8) is 0 Å². The van der Waals surface area contributed by atoms with Crippen LogP contribution in [0.5, 0.6) is 0 Å². The maximum Gasteiger partial charge on any atom is 0.251 e. The van der Waals surface area contributed by atoms with Crippen molar-refractivity contribution in [2.75, 3.05) is 13.6 Å². The molecule has 0 aliphatic heterocycles. The molecule has 43 valence electrons. The summed E-state index contributed by atoms with van der Waals surface area (Å²) in [5.74, 6) is 0. The summed E-state index contributed by atoms with van der Waals surface area (Å²) in [6.45, 7) is -0.250. The highest BCUT2D eigenvalue weighted by atomic mass is 19.3. The van der Waals surface area contributed by atoms with Crippen molar-refractivity contribution in [1.82, 2.24) is 4.90 Å². The minimum absolute atomic E-state index is 0.250. The lowest BCUT2D eigenvalue weighted by molar-refractivity contribution is 0.116. The average molecular weight is 108 g/mol. The van der Waals surface area contributed by atoms with E-state index >= 15 is 0 Å². The van der Waals surface area contributed by atoms with E-state index in [9.17, 15) is 8.78 Å². The van der Waals surface area contributed by atoms with Gasteiger partial charge in [-0.3, -0.25) is 4.90 Å². The molecule has 0 bridgehead atoms. The van der Waals surface area contributed by atoms with E-state index in [1.165, 1.54) is 11.9 Å². The Morgan fingerprint density at radius 1 is 1.71 bits per heavy atom. The zero-order valence-corrected chi connectivity index (χ0v) is 4.19. The van der Waals surface area contributed by atoms with Gasteiger partial charge in [-0.1, -0.05) is 0 Å². The summed E-state index contributed by atoms with van der Waals surface area (Å²) in [4.78, 5) is 1.20. The Morgan fingerprint density at radius 3 is 2.14 bits per heavy atom. The first-order chi connectivity index (χ1) is 3.13. The Hall–Kier alpha value is -0.180. The van der Waals surface area contributed by atoms with Gasteiger partial charge in [0.1, 0.15) is 0 Å². The molecule has 1 nitrogen and oxygen atoms in total. The number of hydrogen-bond acceptors (Lipinski definition) is 1. The van der Waals surface area contributed by atoms with Crippen LogP contribution in [0.1, 0.15) is 0 Å². The van der Waals surface area contributed by atoms with E-state index < -0.39 is 6.43 Å². The van der Waals surface area contributed by atoms with Gasteiger partial charge in [-0.15, -0.1) is 0 Å². The Labute approximate surface area is 41.9 Å². The van der Waals surface area contributed by atoms with Crippen molar-refractivity contribution in [2.24, 2.45) is 0 Å². The van der Waals surface area contributed by atoms with Crippen LogP contribution in [0.25, 0.3) is 0 Å². The maximum absolute atomic E-state index is 11.2. The van der Waals surface area contributed by atoms with Gasteiger partial charge < -0.3 is 0 Å². The Morgan fingerprint density at radius 2 is 2.14 bits per heavy atom. The standard InChI is InChI=1S/C4H8F2N/c1-7(2)3-4(5)6/h4H,1,3H2,2H3. The van der Waals surface area contributed by atoms with Gasteiger partial charge in [0.25, 0.3) is 6.43 Å². The average Bonchev–Trinajstić information content (AvgIpc) is 1.27. The predicted octanol–water partition coefficient (Wildman–Crippen LogP) is 0.975. The molecule has 0 rings (SSSR count). The molecule has 0 atom stereocenters. The zero-order chi connectivity index (χ0) is 5.86. The quantitative estimate of drug-likeness (QED) is 0.509. The Balaban J connectivity index is 2.95. The molecule has 0 spiro atoms. The second-order valence-corrected chi connectivity index (χ2v) is 1.43. The molecule has 0 amide bonds. The summed E-state index contributed by atoms with van der Waals surface area (Å²) in [6, 6.07) is 0. The van der Waals surface area contributed by atoms with E-state index in [2.05, 4.69) is 7.05 Å². The highest BCUT2D eigenvalue weighted by Gasteiger charge is 2.01. The first-order valence-corrected chi connectivity index (χ1v) is 1.92. The topological polar surface area (TPSA) is 3.24 Å². The van der Waals surface area contributed by atoms with Crippen molar-refractivity contribution in [3.05, 3.63) is 7.05 Å². The third-order valence-electron chi connectivity index (χ3n) is 0.450. The van der Waals surface area contributed by atoms with Gasteiger partial charge >= 0.3 is 0 Å². The predicted molar refractivity (Wildman–Crippen MR) is 24.0 cm³/mol. The second kappa shape index (κ2) is 2.91. The molecule has 0 aromatic heterocycles. The minimum atomic E-state index is -2.26. The molecule has 7 heavy (non-hydrogen) atoms. The molecular formula is C4H8F2N. The SMILES string of the molecule is [CH2]N(C)CC(F)F. The summed E-state index contributed by atoms with van der Waals surface area (Å²) >= 11 is 0. The van der Waals surface area contributed by atoms with E-state index in [0.717, 1.165) is 0 Å². The normalized spacial score (nSPS) is 11.1. The van der Waals surface area contributed by atoms with Crippen LogP contribution < -0.4 is 0 Å². The van der Waals surface area contributed by atoms with Gasteiger partial charge in [0.05, 0.1) is 6.54 Å². The van der Waals surface area contributed by atoms with Crippen LogP contribution >= 0.6 is 0 Å². The number of hydrogen-bond donors (Lipinski definition) is 0. The van der Waals surface area contributed by atoms with Crippen LogP contribution in [0.3, 0.4) is 0 Å². The van der Waals surface area contributed by atoms with Crippen molar-refractivity contribution in [1.29, 1.82) is 0 Å². The molecule has 0 aliphatic rings. The van der Waals surface area contributed by atoms with Crippen molar-refractivity contribution in [3.8, 4) is 0 Å². The van der Waals surface area contributed by atoms with Crippen molar-refractivity contribution < 1.29 is 8.78 Å². The second-order valence-electron chi connectivity index (χ2n) is 1.43. The third-order valence-corrected chi connectivity index (χ3v) is 0.450. The number of nitrogens with zero attached hydrogens (tertiary/aromatic N) is 1. The van der Waals surface area contributed by atoms with Crippen molar-refractivity contribution >= 4 is 0 Å². The molecule has 0 aliphatic carbocycles. The van der Waals surface area contributed by atoms with E-state index in [4.69, 9.17) is 0 Å². The van der Waals surface area contributed by atoms with E-state index in [0.29, 0.717) is 0 Å². The first-order valence-electron chi connectivity index (χ1n) is 1.92. The molecule has 0 fully saturated rings. The fourth-order valence-corrected chi connectivity index (χ4v) is 0.236. The molecule has 0 saturated carbocycles. The van der Waals surface area contributed by atoms with Gasteiger partial charge in [-0.05, 0) is 7.05 Å². The van der Waals surface area contributed by atoms with Crippen LogP contribution in [0.4, 0.5) is 8.78 Å². The fourth-order valence-electron chi connectivity index (χ4n) is 0.236. The zero-order valence-electron chi connectivity index (χ0n) is 4.19. The molecule has 1 radical (unpaired) electrons. The Bertz CT molecular complexity index is 39.0. The fraction of sp³-hybridized carbons (Fsp3) is 0.750. The minimum Gasteiger partial charge on any atom is -0.300 e. The lowest BCUT2D eigenvalue weighted by atomic mass is 10.6. The summed E-state index contributed by atoms with van der Waals surface area (Å²) in [5.41, 5.74) is 0. The molecule has 0 N–H and O–H groups in total. The van der Waals surface area contributed by atoms with Crippen LogP contribution in [-0.4, -0.2) is 24.9 Å². The van der Waals surface area contributed by atoms with Gasteiger partial charge in [0.2, 0.25) is 0 Å². The lowest BCUT2D eigenvalue weighted by Gasteiger charge is -2.05. The van der Waals surface area contributed by atoms with E-state index in [1.807, 2.05) is 0 Å². The molecule has 3 heteroatoms. The highest BCUT2D eigenvalue weighted by Crippen LogP contribution is 1.91. The molecule has 0 unspecified atom stereocenters. The van der Waals surface area contributed by atoms with Gasteiger partial charge in [-0.25, -0.2) is 8.78 Å². The Kier molecular flexibility index (Phi) is 2.83. The van der Waals surface area contributed by atoms with Crippen LogP contribution in [0.15, 0.2) is 0 Å². The van der Waals surface area contributed by atoms with E-state index in [-0.39, 0.29) is 6.54 Å². The lowest BCUT2D eigenvalue weighted by Crippen LogP contribution is -2.16. The molecular weight excluding hydrogens is 100 g/mol. The van der Waals surface area contributed by atoms with Crippen LogP contribution in [0.2, 0.25) is 0 Å². The largest absolute Gasteiger partial charge is 0.300 e. The summed E-state index contributed by atoms with van der Waals surface area (Å²) < 4.78 is 22.4.